The Labute approximate surface area is 217 Å². The lowest BCUT2D eigenvalue weighted by atomic mass is 9.68. The molecule has 36 heavy (non-hydrogen) atoms. The van der Waals surface area contributed by atoms with Crippen LogP contribution >= 0.6 is 23.1 Å². The topological polar surface area (TPSA) is 111 Å². The van der Waals surface area contributed by atoms with Gasteiger partial charge in [-0.1, -0.05) is 37.3 Å². The normalized spacial score (nSPS) is 33.0. The van der Waals surface area contributed by atoms with Crippen molar-refractivity contribution in [3.8, 4) is 0 Å². The Bertz CT molecular complexity index is 1320. The monoisotopic (exact) mass is 527 g/mol. The van der Waals surface area contributed by atoms with E-state index in [2.05, 4.69) is 29.2 Å². The standard InChI is InChI=1S/C26H29N3O5S2/c1-10(2)19(25(32)33)29-23(30)17-13-9-14(18(17)24(29)31)20-16(13)15(21-22(35-20)27-26(34)36-21)11-5-7-12(8-6-11)28(3)4/h5-8,10,13-20H,9H2,1-4H3,(H,27,34)(H,32,33)/t13-,14-,15-,16-,17+,18-,19-,20+/m1/s1. The zero-order chi connectivity index (χ0) is 25.6. The zero-order valence-corrected chi connectivity index (χ0v) is 22.1. The molecule has 1 aromatic carbocycles. The van der Waals surface area contributed by atoms with E-state index >= 15 is 0 Å². The molecule has 0 unspecified atom stereocenters. The quantitative estimate of drug-likeness (QED) is 0.575. The highest BCUT2D eigenvalue weighted by Crippen LogP contribution is 2.68. The van der Waals surface area contributed by atoms with Gasteiger partial charge in [-0.3, -0.25) is 19.3 Å². The summed E-state index contributed by atoms with van der Waals surface area (Å²) in [6.07, 6.45) is 0.786. The van der Waals surface area contributed by atoms with Gasteiger partial charge in [-0.25, -0.2) is 4.79 Å². The molecule has 2 amide bonds. The average molecular weight is 528 g/mol. The Morgan fingerprint density at radius 2 is 1.72 bits per heavy atom. The summed E-state index contributed by atoms with van der Waals surface area (Å²) in [6, 6.07) is 7.22. The zero-order valence-electron chi connectivity index (χ0n) is 20.5. The average Bonchev–Trinajstić information content (AvgIpc) is 3.54. The summed E-state index contributed by atoms with van der Waals surface area (Å²) in [4.78, 5) is 58.8. The van der Waals surface area contributed by atoms with Crippen LogP contribution in [0.3, 0.4) is 0 Å². The van der Waals surface area contributed by atoms with Crippen molar-refractivity contribution < 1.29 is 19.5 Å². The van der Waals surface area contributed by atoms with Gasteiger partial charge in [-0.2, -0.15) is 0 Å². The first-order valence-corrected chi connectivity index (χ1v) is 14.1. The predicted molar refractivity (Wildman–Crippen MR) is 137 cm³/mol. The number of amides is 2. The Kier molecular flexibility index (Phi) is 5.42. The molecule has 3 fully saturated rings. The first kappa shape index (κ1) is 23.8. The van der Waals surface area contributed by atoms with Crippen LogP contribution in [0.4, 0.5) is 5.69 Å². The van der Waals surface area contributed by atoms with Crippen LogP contribution in [0.15, 0.2) is 34.1 Å². The fourth-order valence-electron chi connectivity index (χ4n) is 7.36. The third kappa shape index (κ3) is 3.19. The Hall–Kier alpha value is -2.59. The molecule has 2 N–H and O–H groups in total. The van der Waals surface area contributed by atoms with Crippen LogP contribution in [-0.2, 0) is 14.4 Å². The number of carboxylic acid groups (broad SMARTS) is 1. The number of thiazole rings is 1. The second kappa shape index (κ2) is 8.21. The lowest BCUT2D eigenvalue weighted by Crippen LogP contribution is -2.49. The van der Waals surface area contributed by atoms with Gasteiger partial charge >= 0.3 is 10.8 Å². The number of anilines is 1. The molecule has 2 aliphatic heterocycles. The summed E-state index contributed by atoms with van der Waals surface area (Å²) in [7, 11) is 3.98. The van der Waals surface area contributed by atoms with Crippen molar-refractivity contribution in [2.75, 3.05) is 19.0 Å². The molecule has 2 aliphatic carbocycles. The van der Waals surface area contributed by atoms with Crippen LogP contribution in [0.5, 0.6) is 0 Å². The van der Waals surface area contributed by atoms with Crippen LogP contribution < -0.4 is 9.77 Å². The SMILES string of the molecule is CC(C)[C@H](C(=O)O)N1C(=O)[C@@H]2[C@H]3C[C@@H]([C@@H]2C1=O)[C@@H]1[C@@H](c2ccc(N(C)C)cc2)c2sc(=O)[nH]c2S[C@@H]31. The molecule has 0 spiro atoms. The minimum Gasteiger partial charge on any atom is -0.480 e. The molecule has 2 saturated carbocycles. The maximum absolute atomic E-state index is 13.7. The summed E-state index contributed by atoms with van der Waals surface area (Å²) in [5, 5.41) is 10.8. The highest BCUT2D eigenvalue weighted by molar-refractivity contribution is 8.00. The van der Waals surface area contributed by atoms with E-state index in [4.69, 9.17) is 0 Å². The number of benzene rings is 1. The van der Waals surface area contributed by atoms with Gasteiger partial charge in [0, 0.05) is 35.8 Å². The number of imide groups is 1. The number of nitrogens with one attached hydrogen (secondary N) is 1. The van der Waals surface area contributed by atoms with Crippen molar-refractivity contribution in [2.24, 2.45) is 35.5 Å². The number of aliphatic carboxylic acids is 1. The Balaban J connectivity index is 1.42. The molecule has 6 rings (SSSR count). The summed E-state index contributed by atoms with van der Waals surface area (Å²) >= 11 is 2.88. The minimum atomic E-state index is -1.14. The molecule has 8 atom stereocenters. The number of rotatable bonds is 5. The lowest BCUT2D eigenvalue weighted by molar-refractivity contribution is -0.157. The van der Waals surface area contributed by atoms with Crippen molar-refractivity contribution in [1.29, 1.82) is 0 Å². The highest BCUT2D eigenvalue weighted by Gasteiger charge is 2.70. The third-order valence-electron chi connectivity index (χ3n) is 8.69. The number of carbonyl (C=O) groups is 3. The molecule has 1 saturated heterocycles. The number of likely N-dealkylation sites (tertiary alicyclic amines) is 1. The first-order chi connectivity index (χ1) is 17.1. The van der Waals surface area contributed by atoms with Crippen molar-refractivity contribution in [3.05, 3.63) is 44.4 Å². The van der Waals surface area contributed by atoms with Gasteiger partial charge in [-0.05, 0) is 47.8 Å². The molecule has 2 bridgehead atoms. The van der Waals surface area contributed by atoms with Crippen LogP contribution in [0.2, 0.25) is 0 Å². The van der Waals surface area contributed by atoms with Gasteiger partial charge in [0.15, 0.2) is 0 Å². The Morgan fingerprint density at radius 1 is 1.08 bits per heavy atom. The van der Waals surface area contributed by atoms with E-state index in [1.807, 2.05) is 19.0 Å². The number of nitrogens with zero attached hydrogens (tertiary/aromatic N) is 2. The molecule has 10 heteroatoms. The summed E-state index contributed by atoms with van der Waals surface area (Å²) < 4.78 is 0. The molecule has 190 valence electrons. The Morgan fingerprint density at radius 3 is 2.31 bits per heavy atom. The number of aromatic nitrogens is 1. The molecule has 8 nitrogen and oxygen atoms in total. The maximum atomic E-state index is 13.7. The van der Waals surface area contributed by atoms with E-state index < -0.39 is 23.8 Å². The van der Waals surface area contributed by atoms with E-state index in [1.54, 1.807) is 25.6 Å². The number of carbonyl (C=O) groups excluding carboxylic acids is 2. The highest BCUT2D eigenvalue weighted by atomic mass is 32.2. The van der Waals surface area contributed by atoms with E-state index in [0.717, 1.165) is 32.5 Å². The minimum absolute atomic E-state index is 0.0156. The summed E-state index contributed by atoms with van der Waals surface area (Å²) in [5.41, 5.74) is 2.19. The van der Waals surface area contributed by atoms with Gasteiger partial charge in [0.25, 0.3) is 0 Å². The van der Waals surface area contributed by atoms with Crippen LogP contribution in [-0.4, -0.2) is 58.2 Å². The van der Waals surface area contributed by atoms with Crippen molar-refractivity contribution in [1.82, 2.24) is 9.88 Å². The molecule has 3 heterocycles. The largest absolute Gasteiger partial charge is 0.480 e. The molecule has 0 radical (unpaired) electrons. The maximum Gasteiger partial charge on any atom is 0.327 e. The number of H-pyrrole nitrogens is 1. The van der Waals surface area contributed by atoms with Gasteiger partial charge in [0.2, 0.25) is 11.8 Å². The first-order valence-electron chi connectivity index (χ1n) is 12.4. The molecule has 2 aromatic rings. The van der Waals surface area contributed by atoms with Crippen LogP contribution in [0.25, 0.3) is 0 Å². The summed E-state index contributed by atoms with van der Waals surface area (Å²) in [6.45, 7) is 3.47. The van der Waals surface area contributed by atoms with Gasteiger partial charge in [0.05, 0.1) is 16.9 Å². The smallest absolute Gasteiger partial charge is 0.327 e. The summed E-state index contributed by atoms with van der Waals surface area (Å²) in [5.74, 6) is -3.09. The van der Waals surface area contributed by atoms with E-state index in [1.165, 1.54) is 11.3 Å². The number of hydrogen-bond acceptors (Lipinski definition) is 7. The van der Waals surface area contributed by atoms with E-state index in [9.17, 15) is 24.3 Å². The number of hydrogen-bond donors (Lipinski definition) is 2. The molecule has 4 aliphatic rings. The van der Waals surface area contributed by atoms with Crippen molar-refractivity contribution >= 4 is 46.6 Å². The van der Waals surface area contributed by atoms with Gasteiger partial charge in [0.1, 0.15) is 6.04 Å². The predicted octanol–water partition coefficient (Wildman–Crippen LogP) is 3.08. The van der Waals surface area contributed by atoms with Crippen LogP contribution in [0.1, 0.15) is 36.6 Å². The van der Waals surface area contributed by atoms with E-state index in [-0.39, 0.29) is 51.5 Å². The van der Waals surface area contributed by atoms with Crippen molar-refractivity contribution in [2.45, 2.75) is 42.5 Å². The van der Waals surface area contributed by atoms with Crippen LogP contribution in [0, 0.1) is 35.5 Å². The third-order valence-corrected chi connectivity index (χ3v) is 11.3. The number of aromatic amines is 1. The molecular formula is C26H29N3O5S2. The number of fused-ring (bicyclic) bond motifs is 9. The van der Waals surface area contributed by atoms with Gasteiger partial charge < -0.3 is 15.0 Å². The lowest BCUT2D eigenvalue weighted by Gasteiger charge is -2.43. The second-order valence-corrected chi connectivity index (χ2v) is 13.2. The second-order valence-electron chi connectivity index (χ2n) is 11.0. The van der Waals surface area contributed by atoms with Crippen molar-refractivity contribution in [3.63, 3.8) is 0 Å². The fourth-order valence-corrected chi connectivity index (χ4v) is 10.2. The van der Waals surface area contributed by atoms with Gasteiger partial charge in [-0.15, -0.1) is 11.8 Å². The number of thioether (sulfide) groups is 1. The van der Waals surface area contributed by atoms with E-state index in [0.29, 0.717) is 0 Å². The number of carboxylic acids is 1. The fraction of sp³-hybridized carbons (Fsp3) is 0.538. The molecule has 1 aromatic heterocycles. The molecular weight excluding hydrogens is 498 g/mol.